The fraction of sp³-hybridized carbons (Fsp3) is 0.429. The van der Waals surface area contributed by atoms with Gasteiger partial charge in [-0.05, 0) is 56.9 Å². The van der Waals surface area contributed by atoms with Crippen molar-refractivity contribution < 1.29 is 9.31 Å². The zero-order valence-electron chi connectivity index (χ0n) is 11.6. The molecule has 1 fully saturated rings. The van der Waals surface area contributed by atoms with E-state index >= 15 is 0 Å². The average Bonchev–Trinajstić information content (AvgIpc) is 2.45. The molecule has 1 aliphatic heterocycles. The van der Waals surface area contributed by atoms with Gasteiger partial charge in [0.15, 0.2) is 0 Å². The Morgan fingerprint density at radius 3 is 1.84 bits per heavy atom. The molecule has 0 N–H and O–H groups in total. The molecular weight excluding hydrogens is 282 g/mol. The first-order valence-electron chi connectivity index (χ1n) is 6.13. The van der Waals surface area contributed by atoms with Crippen molar-refractivity contribution in [1.29, 1.82) is 0 Å². The van der Waals surface area contributed by atoms with E-state index in [1.807, 2.05) is 27.7 Å². The van der Waals surface area contributed by atoms with E-state index < -0.39 is 7.12 Å². The van der Waals surface area contributed by atoms with E-state index in [2.05, 4.69) is 6.58 Å². The molecule has 0 bridgehead atoms. The molecule has 0 spiro atoms. The highest BCUT2D eigenvalue weighted by Crippen LogP contribution is 2.40. The minimum absolute atomic E-state index is 0.386. The van der Waals surface area contributed by atoms with Crippen molar-refractivity contribution >= 4 is 35.8 Å². The van der Waals surface area contributed by atoms with Gasteiger partial charge in [0, 0.05) is 10.0 Å². The molecule has 1 aromatic carbocycles. The first-order valence-corrected chi connectivity index (χ1v) is 6.89. The Bertz CT molecular complexity index is 490. The quantitative estimate of drug-likeness (QED) is 0.741. The summed E-state index contributed by atoms with van der Waals surface area (Å²) in [5.41, 5.74) is 0.783. The fourth-order valence-electron chi connectivity index (χ4n) is 1.86. The molecule has 2 nitrogen and oxygen atoms in total. The summed E-state index contributed by atoms with van der Waals surface area (Å²) in [4.78, 5) is 0. The lowest BCUT2D eigenvalue weighted by atomic mass is 9.75. The summed E-state index contributed by atoms with van der Waals surface area (Å²) in [6, 6.07) is 5.30. The van der Waals surface area contributed by atoms with Gasteiger partial charge in [-0.15, -0.1) is 0 Å². The molecule has 0 saturated carbocycles. The lowest BCUT2D eigenvalue weighted by molar-refractivity contribution is 0.00578. The second kappa shape index (κ2) is 4.82. The molecule has 1 heterocycles. The van der Waals surface area contributed by atoms with Crippen LogP contribution in [0.1, 0.15) is 33.3 Å². The fourth-order valence-corrected chi connectivity index (χ4v) is 2.39. The van der Waals surface area contributed by atoms with Gasteiger partial charge in [0.2, 0.25) is 0 Å². The van der Waals surface area contributed by atoms with Crippen LogP contribution in [0, 0.1) is 0 Å². The van der Waals surface area contributed by atoms with Crippen LogP contribution in [0.25, 0.3) is 5.47 Å². The van der Waals surface area contributed by atoms with Gasteiger partial charge < -0.3 is 9.31 Å². The van der Waals surface area contributed by atoms with Gasteiger partial charge in [-0.3, -0.25) is 0 Å². The maximum absolute atomic E-state index is 6.01. The first-order chi connectivity index (χ1) is 8.62. The van der Waals surface area contributed by atoms with Crippen LogP contribution in [0.4, 0.5) is 0 Å². The Morgan fingerprint density at radius 1 is 1.00 bits per heavy atom. The third-order valence-electron chi connectivity index (χ3n) is 3.77. The molecule has 0 aromatic heterocycles. The van der Waals surface area contributed by atoms with E-state index in [-0.39, 0.29) is 11.2 Å². The molecule has 1 saturated heterocycles. The highest BCUT2D eigenvalue weighted by Gasteiger charge is 2.52. The normalized spacial score (nSPS) is 20.6. The number of rotatable bonds is 2. The van der Waals surface area contributed by atoms with Crippen LogP contribution in [-0.4, -0.2) is 18.3 Å². The zero-order chi connectivity index (χ0) is 14.4. The Morgan fingerprint density at radius 2 is 1.42 bits per heavy atom. The van der Waals surface area contributed by atoms with Crippen LogP contribution in [0.5, 0.6) is 0 Å². The SMILES string of the molecule is C=C(B1OC(C)(C)C(C)(C)O1)c1cc(Cl)cc(Cl)c1. The second-order valence-corrected chi connectivity index (χ2v) is 6.64. The summed E-state index contributed by atoms with van der Waals surface area (Å²) in [5, 5.41) is 1.14. The summed E-state index contributed by atoms with van der Waals surface area (Å²) in [5.74, 6) is 0. The summed E-state index contributed by atoms with van der Waals surface area (Å²) in [6.45, 7) is 12.1. The van der Waals surface area contributed by atoms with Gasteiger partial charge in [0.25, 0.3) is 0 Å². The molecule has 19 heavy (non-hydrogen) atoms. The third kappa shape index (κ3) is 2.85. The van der Waals surface area contributed by atoms with Crippen molar-refractivity contribution in [3.05, 3.63) is 40.4 Å². The first kappa shape index (κ1) is 14.9. The third-order valence-corrected chi connectivity index (χ3v) is 4.21. The molecule has 0 unspecified atom stereocenters. The average molecular weight is 299 g/mol. The molecule has 1 aromatic rings. The van der Waals surface area contributed by atoms with Crippen LogP contribution < -0.4 is 0 Å². The Balaban J connectivity index is 2.27. The Kier molecular flexibility index (Phi) is 3.78. The number of hydrogen-bond donors (Lipinski definition) is 0. The number of halogens is 2. The molecule has 5 heteroatoms. The van der Waals surface area contributed by atoms with Crippen molar-refractivity contribution in [2.45, 2.75) is 38.9 Å². The van der Waals surface area contributed by atoms with Gasteiger partial charge in [0.05, 0.1) is 11.2 Å². The Labute approximate surface area is 124 Å². The van der Waals surface area contributed by atoms with E-state index in [0.29, 0.717) is 10.0 Å². The smallest absolute Gasteiger partial charge is 0.399 e. The van der Waals surface area contributed by atoms with Gasteiger partial charge in [-0.1, -0.05) is 29.8 Å². The van der Waals surface area contributed by atoms with Gasteiger partial charge in [-0.2, -0.15) is 0 Å². The summed E-state index contributed by atoms with van der Waals surface area (Å²) >= 11 is 12.0. The minimum Gasteiger partial charge on any atom is -0.399 e. The van der Waals surface area contributed by atoms with E-state index in [1.165, 1.54) is 0 Å². The van der Waals surface area contributed by atoms with E-state index in [1.54, 1.807) is 18.2 Å². The van der Waals surface area contributed by atoms with Crippen molar-refractivity contribution in [2.75, 3.05) is 0 Å². The van der Waals surface area contributed by atoms with E-state index in [4.69, 9.17) is 32.5 Å². The zero-order valence-corrected chi connectivity index (χ0v) is 13.1. The van der Waals surface area contributed by atoms with Gasteiger partial charge >= 0.3 is 7.12 Å². The predicted molar refractivity (Wildman–Crippen MR) is 81.6 cm³/mol. The van der Waals surface area contributed by atoms with Crippen LogP contribution in [0.3, 0.4) is 0 Å². The van der Waals surface area contributed by atoms with Crippen LogP contribution in [0.2, 0.25) is 10.0 Å². The summed E-state index contributed by atoms with van der Waals surface area (Å²) in [6.07, 6.45) is 0. The maximum atomic E-state index is 6.01. The standard InChI is InChI=1S/C14H17BCl2O2/c1-9(10-6-11(16)8-12(17)7-10)15-18-13(2,3)14(4,5)19-15/h6-8H,1H2,2-5H3. The minimum atomic E-state index is -0.487. The van der Waals surface area contributed by atoms with Gasteiger partial charge in [-0.25, -0.2) is 0 Å². The monoisotopic (exact) mass is 298 g/mol. The predicted octanol–water partition coefficient (Wildman–Crippen LogP) is 4.64. The lowest BCUT2D eigenvalue weighted by Gasteiger charge is -2.32. The van der Waals surface area contributed by atoms with Crippen molar-refractivity contribution in [3.63, 3.8) is 0 Å². The highest BCUT2D eigenvalue weighted by molar-refractivity contribution is 6.68. The summed E-state index contributed by atoms with van der Waals surface area (Å²) in [7, 11) is -0.487. The lowest BCUT2D eigenvalue weighted by Crippen LogP contribution is -2.41. The Hall–Kier alpha value is -0.475. The molecule has 0 atom stereocenters. The van der Waals surface area contributed by atoms with Crippen molar-refractivity contribution in [1.82, 2.24) is 0 Å². The van der Waals surface area contributed by atoms with Crippen molar-refractivity contribution in [2.24, 2.45) is 0 Å². The van der Waals surface area contributed by atoms with E-state index in [9.17, 15) is 0 Å². The molecule has 2 rings (SSSR count). The summed E-state index contributed by atoms with van der Waals surface area (Å²) < 4.78 is 11.9. The largest absolute Gasteiger partial charge is 0.494 e. The topological polar surface area (TPSA) is 18.5 Å². The molecule has 0 amide bonds. The molecule has 102 valence electrons. The van der Waals surface area contributed by atoms with Crippen LogP contribution >= 0.6 is 23.2 Å². The van der Waals surface area contributed by atoms with Crippen molar-refractivity contribution in [3.8, 4) is 0 Å². The highest BCUT2D eigenvalue weighted by atomic mass is 35.5. The number of hydrogen-bond acceptors (Lipinski definition) is 2. The molecular formula is C14H17BCl2O2. The maximum Gasteiger partial charge on any atom is 0.494 e. The van der Waals surface area contributed by atoms with Gasteiger partial charge in [0.1, 0.15) is 0 Å². The van der Waals surface area contributed by atoms with E-state index in [0.717, 1.165) is 11.0 Å². The van der Waals surface area contributed by atoms with Crippen LogP contribution in [0.15, 0.2) is 24.8 Å². The molecule has 0 radical (unpaired) electrons. The second-order valence-electron chi connectivity index (χ2n) is 5.77. The van der Waals surface area contributed by atoms with Crippen LogP contribution in [-0.2, 0) is 9.31 Å². The molecule has 1 aliphatic rings. The number of benzene rings is 1. The molecule has 0 aliphatic carbocycles.